The smallest absolute Gasteiger partial charge is 0.240 e. The summed E-state index contributed by atoms with van der Waals surface area (Å²) in [6.45, 7) is 2.16. The summed E-state index contributed by atoms with van der Waals surface area (Å²) in [5, 5.41) is 0. The van der Waals surface area contributed by atoms with Gasteiger partial charge in [-0.3, -0.25) is 0 Å². The van der Waals surface area contributed by atoms with Gasteiger partial charge in [-0.2, -0.15) is 0 Å². The Morgan fingerprint density at radius 2 is 2.10 bits per heavy atom. The summed E-state index contributed by atoms with van der Waals surface area (Å²) in [5.41, 5.74) is 6.09. The highest BCUT2D eigenvalue weighted by Crippen LogP contribution is 2.27. The van der Waals surface area contributed by atoms with Crippen LogP contribution in [0, 0.1) is 5.92 Å². The molecule has 0 saturated heterocycles. The molecule has 1 aliphatic carbocycles. The summed E-state index contributed by atoms with van der Waals surface area (Å²) >= 11 is 0. The molecule has 1 aliphatic rings. The minimum absolute atomic E-state index is 0.0204. The predicted molar refractivity (Wildman–Crippen MR) is 79.1 cm³/mol. The van der Waals surface area contributed by atoms with E-state index in [2.05, 4.69) is 11.6 Å². The zero-order valence-electron chi connectivity index (χ0n) is 11.9. The molecule has 1 fully saturated rings. The van der Waals surface area contributed by atoms with Gasteiger partial charge in [-0.15, -0.1) is 0 Å². The van der Waals surface area contributed by atoms with Gasteiger partial charge in [0.05, 0.1) is 17.7 Å². The molecule has 2 unspecified atom stereocenters. The van der Waals surface area contributed by atoms with Crippen LogP contribution in [-0.2, 0) is 10.0 Å². The number of nitrogen functional groups attached to an aromatic ring is 1. The van der Waals surface area contributed by atoms with Crippen LogP contribution in [-0.4, -0.2) is 21.6 Å². The van der Waals surface area contributed by atoms with Gasteiger partial charge in [0.25, 0.3) is 0 Å². The third-order valence-corrected chi connectivity index (χ3v) is 5.29. The molecule has 3 N–H and O–H groups in total. The number of methoxy groups -OCH3 is 1. The van der Waals surface area contributed by atoms with Crippen LogP contribution in [0.15, 0.2) is 23.1 Å². The molecule has 6 heteroatoms. The Morgan fingerprint density at radius 1 is 1.35 bits per heavy atom. The number of hydrogen-bond donors (Lipinski definition) is 2. The van der Waals surface area contributed by atoms with Gasteiger partial charge in [-0.1, -0.05) is 19.8 Å². The topological polar surface area (TPSA) is 81.4 Å². The highest BCUT2D eigenvalue weighted by molar-refractivity contribution is 7.89. The van der Waals surface area contributed by atoms with Crippen LogP contribution in [0.4, 0.5) is 5.69 Å². The van der Waals surface area contributed by atoms with E-state index in [1.807, 2.05) is 0 Å². The summed E-state index contributed by atoms with van der Waals surface area (Å²) in [7, 11) is -2.01. The molecule has 2 atom stereocenters. The monoisotopic (exact) mass is 298 g/mol. The van der Waals surface area contributed by atoms with E-state index in [-0.39, 0.29) is 10.9 Å². The molecule has 20 heavy (non-hydrogen) atoms. The van der Waals surface area contributed by atoms with Crippen molar-refractivity contribution in [1.82, 2.24) is 4.72 Å². The number of benzene rings is 1. The highest BCUT2D eigenvalue weighted by Gasteiger charge is 2.25. The van der Waals surface area contributed by atoms with Crippen molar-refractivity contribution in [2.75, 3.05) is 12.8 Å². The average Bonchev–Trinajstić information content (AvgIpc) is 2.38. The van der Waals surface area contributed by atoms with E-state index in [0.717, 1.165) is 19.3 Å². The van der Waals surface area contributed by atoms with Crippen molar-refractivity contribution in [2.45, 2.75) is 43.5 Å². The number of ether oxygens (including phenoxy) is 1. The number of nitrogens with one attached hydrogen (secondary N) is 1. The zero-order chi connectivity index (χ0) is 14.8. The van der Waals surface area contributed by atoms with Crippen LogP contribution in [0.2, 0.25) is 0 Å². The second-order valence-corrected chi connectivity index (χ2v) is 7.21. The lowest BCUT2D eigenvalue weighted by atomic mass is 9.88. The van der Waals surface area contributed by atoms with Crippen LogP contribution in [0.25, 0.3) is 0 Å². The van der Waals surface area contributed by atoms with Crippen molar-refractivity contribution in [3.05, 3.63) is 18.2 Å². The van der Waals surface area contributed by atoms with Crippen LogP contribution in [0.5, 0.6) is 5.75 Å². The molecule has 0 aromatic heterocycles. The molecule has 0 spiro atoms. The Balaban J connectivity index is 2.15. The lowest BCUT2D eigenvalue weighted by molar-refractivity contribution is 0.327. The summed E-state index contributed by atoms with van der Waals surface area (Å²) < 4.78 is 32.5. The molecular weight excluding hydrogens is 276 g/mol. The van der Waals surface area contributed by atoms with Crippen molar-refractivity contribution in [3.8, 4) is 5.75 Å². The minimum Gasteiger partial charge on any atom is -0.495 e. The molecule has 5 nitrogen and oxygen atoms in total. The molecule has 1 saturated carbocycles. The van der Waals surface area contributed by atoms with Crippen molar-refractivity contribution in [2.24, 2.45) is 5.92 Å². The first-order valence-electron chi connectivity index (χ1n) is 6.88. The molecule has 1 aromatic carbocycles. The van der Waals surface area contributed by atoms with Gasteiger partial charge in [-0.05, 0) is 37.0 Å². The standard InChI is InChI=1S/C14H22N2O3S/c1-10-4-3-5-11(8-10)16-20(17,18)12-6-7-14(19-2)13(15)9-12/h6-7,9-11,16H,3-5,8,15H2,1-2H3. The maximum Gasteiger partial charge on any atom is 0.240 e. The van der Waals surface area contributed by atoms with E-state index < -0.39 is 10.0 Å². The van der Waals surface area contributed by atoms with Gasteiger partial charge >= 0.3 is 0 Å². The van der Waals surface area contributed by atoms with Crippen molar-refractivity contribution in [3.63, 3.8) is 0 Å². The third kappa shape index (κ3) is 3.43. The molecular formula is C14H22N2O3S. The van der Waals surface area contributed by atoms with Gasteiger partial charge in [0.1, 0.15) is 5.75 Å². The Kier molecular flexibility index (Phi) is 4.55. The van der Waals surface area contributed by atoms with E-state index in [1.165, 1.54) is 25.7 Å². The Bertz CT molecular complexity index is 572. The molecule has 0 amide bonds. The maximum absolute atomic E-state index is 12.4. The molecule has 0 aliphatic heterocycles. The van der Waals surface area contributed by atoms with E-state index in [9.17, 15) is 8.42 Å². The molecule has 0 radical (unpaired) electrons. The fourth-order valence-electron chi connectivity index (χ4n) is 2.71. The van der Waals surface area contributed by atoms with E-state index in [4.69, 9.17) is 10.5 Å². The number of sulfonamides is 1. The van der Waals surface area contributed by atoms with E-state index in [0.29, 0.717) is 17.4 Å². The fraction of sp³-hybridized carbons (Fsp3) is 0.571. The van der Waals surface area contributed by atoms with Crippen molar-refractivity contribution < 1.29 is 13.2 Å². The molecule has 2 rings (SSSR count). The SMILES string of the molecule is COc1ccc(S(=O)(=O)NC2CCCC(C)C2)cc1N. The zero-order valence-corrected chi connectivity index (χ0v) is 12.7. The van der Waals surface area contributed by atoms with Crippen LogP contribution in [0.3, 0.4) is 0 Å². The normalized spacial score (nSPS) is 23.5. The molecule has 112 valence electrons. The van der Waals surface area contributed by atoms with Crippen molar-refractivity contribution in [1.29, 1.82) is 0 Å². The van der Waals surface area contributed by atoms with E-state index in [1.54, 1.807) is 6.07 Å². The van der Waals surface area contributed by atoms with Crippen LogP contribution >= 0.6 is 0 Å². The van der Waals surface area contributed by atoms with Gasteiger partial charge in [0.15, 0.2) is 0 Å². The summed E-state index contributed by atoms with van der Waals surface area (Å²) in [6, 6.07) is 4.55. The quantitative estimate of drug-likeness (QED) is 0.834. The fourth-order valence-corrected chi connectivity index (χ4v) is 4.03. The lowest BCUT2D eigenvalue weighted by Crippen LogP contribution is -2.37. The second kappa shape index (κ2) is 6.01. The van der Waals surface area contributed by atoms with Gasteiger partial charge in [0.2, 0.25) is 10.0 Å². The molecule has 1 aromatic rings. The van der Waals surface area contributed by atoms with Gasteiger partial charge in [-0.25, -0.2) is 13.1 Å². The number of anilines is 1. The predicted octanol–water partition coefficient (Wildman–Crippen LogP) is 2.13. The largest absolute Gasteiger partial charge is 0.495 e. The average molecular weight is 298 g/mol. The number of hydrogen-bond acceptors (Lipinski definition) is 4. The summed E-state index contributed by atoms with van der Waals surface area (Å²) in [6.07, 6.45) is 4.03. The second-order valence-electron chi connectivity index (χ2n) is 5.49. The molecule has 0 bridgehead atoms. The first kappa shape index (κ1) is 15.1. The Hall–Kier alpha value is -1.27. The Labute approximate surface area is 120 Å². The summed E-state index contributed by atoms with van der Waals surface area (Å²) in [5.74, 6) is 1.05. The first-order valence-corrected chi connectivity index (χ1v) is 8.36. The number of rotatable bonds is 4. The van der Waals surface area contributed by atoms with Crippen LogP contribution in [0.1, 0.15) is 32.6 Å². The maximum atomic E-state index is 12.4. The Morgan fingerprint density at radius 3 is 2.70 bits per heavy atom. The summed E-state index contributed by atoms with van der Waals surface area (Å²) in [4.78, 5) is 0.189. The minimum atomic E-state index is -3.52. The van der Waals surface area contributed by atoms with Crippen molar-refractivity contribution >= 4 is 15.7 Å². The number of nitrogens with two attached hydrogens (primary N) is 1. The molecule has 0 heterocycles. The van der Waals surface area contributed by atoms with E-state index >= 15 is 0 Å². The van der Waals surface area contributed by atoms with Gasteiger partial charge in [0, 0.05) is 6.04 Å². The lowest BCUT2D eigenvalue weighted by Gasteiger charge is -2.27. The van der Waals surface area contributed by atoms with Gasteiger partial charge < -0.3 is 10.5 Å². The highest BCUT2D eigenvalue weighted by atomic mass is 32.2. The first-order chi connectivity index (χ1) is 9.42. The van der Waals surface area contributed by atoms with Crippen LogP contribution < -0.4 is 15.2 Å². The third-order valence-electron chi connectivity index (χ3n) is 3.77.